The van der Waals surface area contributed by atoms with Crippen molar-refractivity contribution in [2.75, 3.05) is 13.1 Å². The van der Waals surface area contributed by atoms with Crippen molar-refractivity contribution in [3.8, 4) is 5.75 Å². The Morgan fingerprint density at radius 3 is 2.71 bits per heavy atom. The number of amides is 1. The van der Waals surface area contributed by atoms with E-state index in [0.29, 0.717) is 19.0 Å². The van der Waals surface area contributed by atoms with Crippen LogP contribution in [0, 0.1) is 0 Å². The maximum absolute atomic E-state index is 12.2. The predicted octanol–water partition coefficient (Wildman–Crippen LogP) is 1.35. The van der Waals surface area contributed by atoms with E-state index in [-0.39, 0.29) is 17.4 Å². The van der Waals surface area contributed by atoms with E-state index < -0.39 is 11.5 Å². The average Bonchev–Trinajstić information content (AvgIpc) is 3.00. The van der Waals surface area contributed by atoms with Gasteiger partial charge in [0.15, 0.2) is 11.7 Å². The van der Waals surface area contributed by atoms with Gasteiger partial charge in [0, 0.05) is 25.1 Å². The molecule has 7 heteroatoms. The molecule has 2 aromatic heterocycles. The zero-order chi connectivity index (χ0) is 14.8. The van der Waals surface area contributed by atoms with Gasteiger partial charge in [-0.25, -0.2) is 9.78 Å². The van der Waals surface area contributed by atoms with Gasteiger partial charge >= 0.3 is 5.63 Å². The first-order chi connectivity index (χ1) is 10.1. The molecule has 0 unspecified atom stereocenters. The van der Waals surface area contributed by atoms with Gasteiger partial charge in [-0.05, 0) is 12.8 Å². The summed E-state index contributed by atoms with van der Waals surface area (Å²) in [5.74, 6) is 0.0684. The Kier molecular flexibility index (Phi) is 3.47. The number of oxazole rings is 1. The molecule has 3 heterocycles. The second kappa shape index (κ2) is 5.43. The first-order valence-corrected chi connectivity index (χ1v) is 6.66. The fraction of sp³-hybridized carbons (Fsp3) is 0.357. The molecule has 0 atom stereocenters. The Bertz CT molecular complexity index is 684. The van der Waals surface area contributed by atoms with Crippen LogP contribution < -0.4 is 5.63 Å². The monoisotopic (exact) mass is 290 g/mol. The van der Waals surface area contributed by atoms with Crippen molar-refractivity contribution in [2.45, 2.75) is 18.8 Å². The first-order valence-electron chi connectivity index (χ1n) is 6.66. The molecule has 1 saturated heterocycles. The molecule has 1 aliphatic heterocycles. The summed E-state index contributed by atoms with van der Waals surface area (Å²) >= 11 is 0. The number of hydrogen-bond acceptors (Lipinski definition) is 6. The van der Waals surface area contributed by atoms with Crippen LogP contribution in [0.25, 0.3) is 0 Å². The summed E-state index contributed by atoms with van der Waals surface area (Å²) in [7, 11) is 0. The van der Waals surface area contributed by atoms with Crippen molar-refractivity contribution in [3.63, 3.8) is 0 Å². The van der Waals surface area contributed by atoms with E-state index in [1.807, 2.05) is 0 Å². The number of likely N-dealkylation sites (tertiary alicyclic amines) is 1. The molecule has 0 aliphatic carbocycles. The van der Waals surface area contributed by atoms with Crippen molar-refractivity contribution in [1.29, 1.82) is 0 Å². The van der Waals surface area contributed by atoms with E-state index in [1.165, 1.54) is 6.26 Å². The van der Waals surface area contributed by atoms with Crippen LogP contribution in [0.4, 0.5) is 0 Å². The smallest absolute Gasteiger partial charge is 0.340 e. The normalized spacial score (nSPS) is 16.1. The molecular weight excluding hydrogens is 276 g/mol. The summed E-state index contributed by atoms with van der Waals surface area (Å²) in [6.45, 7) is 1.04. The van der Waals surface area contributed by atoms with Crippen molar-refractivity contribution >= 4 is 5.91 Å². The minimum atomic E-state index is -0.743. The van der Waals surface area contributed by atoms with Gasteiger partial charge in [-0.2, -0.15) is 0 Å². The molecule has 0 saturated carbocycles. The second-order valence-electron chi connectivity index (χ2n) is 4.94. The average molecular weight is 290 g/mol. The predicted molar refractivity (Wildman–Crippen MR) is 71.0 cm³/mol. The van der Waals surface area contributed by atoms with Crippen molar-refractivity contribution in [1.82, 2.24) is 9.88 Å². The molecule has 1 N–H and O–H groups in total. The van der Waals surface area contributed by atoms with Crippen LogP contribution in [0.1, 0.15) is 35.2 Å². The molecule has 0 aromatic carbocycles. The Hall–Kier alpha value is -2.57. The molecule has 1 aliphatic rings. The van der Waals surface area contributed by atoms with E-state index in [2.05, 4.69) is 4.98 Å². The van der Waals surface area contributed by atoms with Crippen molar-refractivity contribution in [3.05, 3.63) is 46.7 Å². The third-order valence-electron chi connectivity index (χ3n) is 3.55. The van der Waals surface area contributed by atoms with Crippen LogP contribution in [-0.4, -0.2) is 34.0 Å². The highest BCUT2D eigenvalue weighted by atomic mass is 16.4. The number of carbonyl (C=O) groups is 1. The maximum atomic E-state index is 12.2. The van der Waals surface area contributed by atoms with Gasteiger partial charge in [-0.1, -0.05) is 0 Å². The minimum Gasteiger partial charge on any atom is -0.508 e. The number of nitrogens with zero attached hydrogens (tertiary/aromatic N) is 2. The van der Waals surface area contributed by atoms with E-state index in [9.17, 15) is 14.7 Å². The summed E-state index contributed by atoms with van der Waals surface area (Å²) in [6, 6.07) is 2.08. The lowest BCUT2D eigenvalue weighted by Gasteiger charge is -2.30. The highest BCUT2D eigenvalue weighted by Gasteiger charge is 2.28. The maximum Gasteiger partial charge on any atom is 0.340 e. The largest absolute Gasteiger partial charge is 0.508 e. The van der Waals surface area contributed by atoms with Crippen LogP contribution in [0.2, 0.25) is 0 Å². The molecule has 1 amide bonds. The highest BCUT2D eigenvalue weighted by Crippen LogP contribution is 2.27. The lowest BCUT2D eigenvalue weighted by atomic mass is 9.96. The number of aromatic hydroxyl groups is 1. The fourth-order valence-electron chi connectivity index (χ4n) is 2.49. The van der Waals surface area contributed by atoms with Gasteiger partial charge in [0.2, 0.25) is 0 Å². The van der Waals surface area contributed by atoms with Crippen LogP contribution in [0.3, 0.4) is 0 Å². The molecule has 0 radical (unpaired) electrons. The Morgan fingerprint density at radius 1 is 1.33 bits per heavy atom. The highest BCUT2D eigenvalue weighted by molar-refractivity contribution is 5.91. The summed E-state index contributed by atoms with van der Waals surface area (Å²) in [5.41, 5.74) is -0.743. The van der Waals surface area contributed by atoms with Gasteiger partial charge < -0.3 is 18.8 Å². The van der Waals surface area contributed by atoms with Crippen molar-refractivity contribution < 1.29 is 18.7 Å². The lowest BCUT2D eigenvalue weighted by molar-refractivity contribution is 0.0668. The molecule has 110 valence electrons. The number of carbonyl (C=O) groups excluding carboxylic acids is 1. The number of aromatic nitrogens is 1. The topological polar surface area (TPSA) is 96.8 Å². The summed E-state index contributed by atoms with van der Waals surface area (Å²) in [4.78, 5) is 29.2. The first kappa shape index (κ1) is 13.4. The third kappa shape index (κ3) is 2.81. The minimum absolute atomic E-state index is 0.144. The SMILES string of the molecule is O=C(c1cc(O)cc(=O)o1)N1CCC(c2ncco2)CC1. The zero-order valence-electron chi connectivity index (χ0n) is 11.2. The van der Waals surface area contributed by atoms with Crippen molar-refractivity contribution in [2.24, 2.45) is 0 Å². The fourth-order valence-corrected chi connectivity index (χ4v) is 2.49. The second-order valence-corrected chi connectivity index (χ2v) is 4.94. The van der Waals surface area contributed by atoms with E-state index in [1.54, 1.807) is 11.1 Å². The molecule has 0 bridgehead atoms. The van der Waals surface area contributed by atoms with E-state index >= 15 is 0 Å². The zero-order valence-corrected chi connectivity index (χ0v) is 11.2. The van der Waals surface area contributed by atoms with Gasteiger partial charge in [0.05, 0.1) is 12.3 Å². The number of piperidine rings is 1. The lowest BCUT2D eigenvalue weighted by Crippen LogP contribution is -2.38. The molecule has 21 heavy (non-hydrogen) atoms. The van der Waals surface area contributed by atoms with Crippen LogP contribution in [0.15, 0.2) is 38.2 Å². The van der Waals surface area contributed by atoms with Crippen LogP contribution in [-0.2, 0) is 0 Å². The summed E-state index contributed by atoms with van der Waals surface area (Å²) in [6.07, 6.45) is 4.60. The Labute approximate surface area is 119 Å². The Morgan fingerprint density at radius 2 is 2.10 bits per heavy atom. The quantitative estimate of drug-likeness (QED) is 0.896. The standard InChI is InChI=1S/C14H14N2O5/c17-10-7-11(21-12(18)8-10)14(19)16-4-1-9(2-5-16)13-15-3-6-20-13/h3,6-9,17H,1-2,4-5H2. The molecule has 7 nitrogen and oxygen atoms in total. The van der Waals surface area contributed by atoms with Crippen LogP contribution in [0.5, 0.6) is 5.75 Å². The van der Waals surface area contributed by atoms with Gasteiger partial charge in [-0.3, -0.25) is 4.79 Å². The molecule has 3 rings (SSSR count). The summed E-state index contributed by atoms with van der Waals surface area (Å²) < 4.78 is 10.1. The van der Waals surface area contributed by atoms with E-state index in [0.717, 1.165) is 25.0 Å². The molecular formula is C14H14N2O5. The molecule has 0 spiro atoms. The Balaban J connectivity index is 1.69. The van der Waals surface area contributed by atoms with E-state index in [4.69, 9.17) is 8.83 Å². The van der Waals surface area contributed by atoms with Crippen LogP contribution >= 0.6 is 0 Å². The van der Waals surface area contributed by atoms with Gasteiger partial charge in [-0.15, -0.1) is 0 Å². The molecule has 1 fully saturated rings. The third-order valence-corrected chi connectivity index (χ3v) is 3.55. The number of hydrogen-bond donors (Lipinski definition) is 1. The van der Waals surface area contributed by atoms with Gasteiger partial charge in [0.1, 0.15) is 12.0 Å². The number of rotatable bonds is 2. The van der Waals surface area contributed by atoms with Gasteiger partial charge in [0.25, 0.3) is 5.91 Å². The summed E-state index contributed by atoms with van der Waals surface area (Å²) in [5, 5.41) is 9.36. The molecule has 2 aromatic rings.